The summed E-state index contributed by atoms with van der Waals surface area (Å²) in [5, 5.41) is 3.15. The van der Waals surface area contributed by atoms with Crippen molar-refractivity contribution in [2.45, 2.75) is 26.7 Å². The van der Waals surface area contributed by atoms with E-state index >= 15 is 0 Å². The quantitative estimate of drug-likeness (QED) is 0.844. The van der Waals surface area contributed by atoms with Crippen LogP contribution in [0.3, 0.4) is 0 Å². The molecular weight excluding hydrogens is 337 g/mol. The minimum absolute atomic E-state index is 0.186. The molecule has 4 nitrogen and oxygen atoms in total. The van der Waals surface area contributed by atoms with Crippen molar-refractivity contribution in [1.82, 2.24) is 9.97 Å². The van der Waals surface area contributed by atoms with Crippen LogP contribution in [0.4, 0.5) is 10.2 Å². The third-order valence-corrected chi connectivity index (χ3v) is 3.32. The van der Waals surface area contributed by atoms with Gasteiger partial charge in [0.25, 0.3) is 0 Å². The highest BCUT2D eigenvalue weighted by atomic mass is 79.9. The number of aromatic nitrogens is 2. The topological polar surface area (TPSA) is 47.0 Å². The van der Waals surface area contributed by atoms with Crippen LogP contribution < -0.4 is 10.1 Å². The molecule has 1 aromatic heterocycles. The first-order chi connectivity index (χ1) is 9.99. The molecule has 0 saturated heterocycles. The van der Waals surface area contributed by atoms with Crippen LogP contribution in [-0.4, -0.2) is 16.5 Å². The predicted molar refractivity (Wildman–Crippen MR) is 84.5 cm³/mol. The van der Waals surface area contributed by atoms with Gasteiger partial charge in [0.05, 0.1) is 4.47 Å². The van der Waals surface area contributed by atoms with Gasteiger partial charge in [-0.2, -0.15) is 4.98 Å². The Kier molecular flexibility index (Phi) is 5.12. The van der Waals surface area contributed by atoms with Crippen molar-refractivity contribution in [1.29, 1.82) is 0 Å². The molecule has 0 aliphatic heterocycles. The maximum Gasteiger partial charge on any atom is 0.224 e. The number of benzene rings is 1. The van der Waals surface area contributed by atoms with Gasteiger partial charge in [-0.15, -0.1) is 0 Å². The molecule has 0 radical (unpaired) electrons. The summed E-state index contributed by atoms with van der Waals surface area (Å²) in [6.45, 7) is 6.79. The molecular formula is C15H17BrFN3O. The molecule has 1 heterocycles. The SMILES string of the molecule is CCNc1cc(Oc2ccc(F)c(Br)c2)nc(C(C)C)n1. The van der Waals surface area contributed by atoms with Gasteiger partial charge in [-0.3, -0.25) is 0 Å². The molecule has 0 fully saturated rings. The number of nitrogens with zero attached hydrogens (tertiary/aromatic N) is 2. The average Bonchev–Trinajstić information content (AvgIpc) is 2.43. The number of nitrogens with one attached hydrogen (secondary N) is 1. The van der Waals surface area contributed by atoms with Crippen molar-refractivity contribution in [2.75, 3.05) is 11.9 Å². The number of ether oxygens (including phenoxy) is 1. The van der Waals surface area contributed by atoms with Crippen molar-refractivity contribution in [3.63, 3.8) is 0 Å². The lowest BCUT2D eigenvalue weighted by Crippen LogP contribution is -2.05. The smallest absolute Gasteiger partial charge is 0.224 e. The number of hydrogen-bond acceptors (Lipinski definition) is 4. The molecule has 1 N–H and O–H groups in total. The van der Waals surface area contributed by atoms with E-state index in [1.54, 1.807) is 18.2 Å². The van der Waals surface area contributed by atoms with Gasteiger partial charge in [0.15, 0.2) is 0 Å². The Morgan fingerprint density at radius 2 is 2.05 bits per heavy atom. The molecule has 21 heavy (non-hydrogen) atoms. The van der Waals surface area contributed by atoms with Crippen molar-refractivity contribution in [3.05, 3.63) is 40.4 Å². The Balaban J connectivity index is 2.31. The van der Waals surface area contributed by atoms with Crippen LogP contribution in [0.5, 0.6) is 11.6 Å². The van der Waals surface area contributed by atoms with Crippen molar-refractivity contribution in [3.8, 4) is 11.6 Å². The standard InChI is InChI=1S/C15H17BrFN3O/c1-4-18-13-8-14(20-15(19-13)9(2)3)21-10-5-6-12(17)11(16)7-10/h5-9H,4H2,1-3H3,(H,18,19,20). The van der Waals surface area contributed by atoms with Crippen LogP contribution in [0, 0.1) is 5.82 Å². The summed E-state index contributed by atoms with van der Waals surface area (Å²) in [6.07, 6.45) is 0. The first kappa shape index (κ1) is 15.7. The second-order valence-corrected chi connectivity index (χ2v) is 5.67. The van der Waals surface area contributed by atoms with Gasteiger partial charge in [0, 0.05) is 18.5 Å². The minimum atomic E-state index is -0.332. The lowest BCUT2D eigenvalue weighted by atomic mass is 10.2. The Hall–Kier alpha value is -1.69. The Labute approximate surface area is 131 Å². The fourth-order valence-electron chi connectivity index (χ4n) is 1.69. The summed E-state index contributed by atoms with van der Waals surface area (Å²) < 4.78 is 19.3. The molecule has 2 rings (SSSR count). The average molecular weight is 354 g/mol. The zero-order chi connectivity index (χ0) is 15.4. The number of rotatable bonds is 5. The number of hydrogen-bond donors (Lipinski definition) is 1. The monoisotopic (exact) mass is 353 g/mol. The van der Waals surface area contributed by atoms with Gasteiger partial charge < -0.3 is 10.1 Å². The second kappa shape index (κ2) is 6.85. The summed E-state index contributed by atoms with van der Waals surface area (Å²) in [6, 6.07) is 6.20. The van der Waals surface area contributed by atoms with Crippen LogP contribution >= 0.6 is 15.9 Å². The van der Waals surface area contributed by atoms with E-state index in [-0.39, 0.29) is 11.7 Å². The van der Waals surface area contributed by atoms with Gasteiger partial charge in [-0.25, -0.2) is 9.37 Å². The van der Waals surface area contributed by atoms with Crippen LogP contribution in [-0.2, 0) is 0 Å². The van der Waals surface area contributed by atoms with E-state index < -0.39 is 0 Å². The number of anilines is 1. The molecule has 1 aromatic carbocycles. The van der Waals surface area contributed by atoms with Crippen molar-refractivity contribution >= 4 is 21.7 Å². The summed E-state index contributed by atoms with van der Waals surface area (Å²) in [5.41, 5.74) is 0. The third kappa shape index (κ3) is 4.14. The molecule has 0 atom stereocenters. The fourth-order valence-corrected chi connectivity index (χ4v) is 2.04. The van der Waals surface area contributed by atoms with Crippen LogP contribution in [0.25, 0.3) is 0 Å². The largest absolute Gasteiger partial charge is 0.439 e. The van der Waals surface area contributed by atoms with E-state index in [1.165, 1.54) is 6.07 Å². The molecule has 0 saturated carbocycles. The highest BCUT2D eigenvalue weighted by Crippen LogP contribution is 2.27. The fraction of sp³-hybridized carbons (Fsp3) is 0.333. The summed E-state index contributed by atoms with van der Waals surface area (Å²) in [7, 11) is 0. The van der Waals surface area contributed by atoms with Gasteiger partial charge in [-0.05, 0) is 41.1 Å². The van der Waals surface area contributed by atoms with Gasteiger partial charge >= 0.3 is 0 Å². The summed E-state index contributed by atoms with van der Waals surface area (Å²) in [4.78, 5) is 8.80. The summed E-state index contributed by atoms with van der Waals surface area (Å²) in [5.74, 6) is 2.21. The molecule has 0 unspecified atom stereocenters. The Morgan fingerprint density at radius 3 is 2.67 bits per heavy atom. The highest BCUT2D eigenvalue weighted by Gasteiger charge is 2.10. The minimum Gasteiger partial charge on any atom is -0.439 e. The number of halogens is 2. The maximum atomic E-state index is 13.2. The Morgan fingerprint density at radius 1 is 1.29 bits per heavy atom. The predicted octanol–water partition coefficient (Wildman–Crippen LogP) is 4.73. The molecule has 0 aliphatic carbocycles. The maximum absolute atomic E-state index is 13.2. The molecule has 2 aromatic rings. The first-order valence-electron chi connectivity index (χ1n) is 6.75. The van der Waals surface area contributed by atoms with E-state index in [2.05, 4.69) is 31.2 Å². The summed E-state index contributed by atoms with van der Waals surface area (Å²) >= 11 is 3.14. The molecule has 0 amide bonds. The van der Waals surface area contributed by atoms with Crippen LogP contribution in [0.15, 0.2) is 28.7 Å². The molecule has 0 spiro atoms. The molecule has 0 bridgehead atoms. The van der Waals surface area contributed by atoms with Gasteiger partial charge in [0.1, 0.15) is 23.2 Å². The molecule has 6 heteroatoms. The van der Waals surface area contributed by atoms with Crippen LogP contribution in [0.1, 0.15) is 32.5 Å². The Bertz CT molecular complexity index is 634. The van der Waals surface area contributed by atoms with E-state index in [0.29, 0.717) is 27.7 Å². The van der Waals surface area contributed by atoms with Crippen molar-refractivity contribution < 1.29 is 9.13 Å². The van der Waals surface area contributed by atoms with E-state index in [9.17, 15) is 4.39 Å². The molecule has 0 aliphatic rings. The highest BCUT2D eigenvalue weighted by molar-refractivity contribution is 9.10. The normalized spacial score (nSPS) is 10.8. The second-order valence-electron chi connectivity index (χ2n) is 4.81. The lowest BCUT2D eigenvalue weighted by molar-refractivity contribution is 0.455. The van der Waals surface area contributed by atoms with E-state index in [1.807, 2.05) is 20.8 Å². The van der Waals surface area contributed by atoms with Gasteiger partial charge in [0.2, 0.25) is 5.88 Å². The van der Waals surface area contributed by atoms with E-state index in [4.69, 9.17) is 4.74 Å². The lowest BCUT2D eigenvalue weighted by Gasteiger charge is -2.11. The zero-order valence-electron chi connectivity index (χ0n) is 12.2. The van der Waals surface area contributed by atoms with Gasteiger partial charge in [-0.1, -0.05) is 13.8 Å². The van der Waals surface area contributed by atoms with Crippen molar-refractivity contribution in [2.24, 2.45) is 0 Å². The zero-order valence-corrected chi connectivity index (χ0v) is 13.7. The third-order valence-electron chi connectivity index (χ3n) is 2.71. The molecule has 112 valence electrons. The first-order valence-corrected chi connectivity index (χ1v) is 7.54. The van der Waals surface area contributed by atoms with Crippen LogP contribution in [0.2, 0.25) is 0 Å². The van der Waals surface area contributed by atoms with E-state index in [0.717, 1.165) is 6.54 Å².